The third kappa shape index (κ3) is 4.05. The average Bonchev–Trinajstić information content (AvgIpc) is 2.99. The number of carbonyl (C=O) groups excluding carboxylic acids is 1. The zero-order valence-electron chi connectivity index (χ0n) is 15.6. The molecule has 0 aromatic carbocycles. The van der Waals surface area contributed by atoms with Crippen molar-refractivity contribution in [1.29, 1.82) is 0 Å². The minimum absolute atomic E-state index is 0.216. The van der Waals surface area contributed by atoms with E-state index in [1.165, 1.54) is 0 Å². The van der Waals surface area contributed by atoms with Crippen LogP contribution in [0.2, 0.25) is 0 Å². The third-order valence-corrected chi connectivity index (χ3v) is 5.66. The lowest BCUT2D eigenvalue weighted by Crippen LogP contribution is -2.52. The van der Waals surface area contributed by atoms with Crippen LogP contribution in [0.4, 0.5) is 5.82 Å². The quantitative estimate of drug-likeness (QED) is 0.822. The molecule has 0 bridgehead atoms. The lowest BCUT2D eigenvalue weighted by molar-refractivity contribution is -0.124. The second-order valence-corrected chi connectivity index (χ2v) is 7.86. The normalized spacial score (nSPS) is 26.4. The van der Waals surface area contributed by atoms with E-state index in [9.17, 15) is 4.79 Å². The summed E-state index contributed by atoms with van der Waals surface area (Å²) in [7, 11) is 1.66. The molecular formula is C19H30N4O2. The molecule has 1 saturated heterocycles. The van der Waals surface area contributed by atoms with Crippen LogP contribution in [0.5, 0.6) is 5.75 Å². The number of carbonyl (C=O) groups is 1. The van der Waals surface area contributed by atoms with Crippen LogP contribution in [0.3, 0.4) is 0 Å². The largest absolute Gasteiger partial charge is 0.491 e. The van der Waals surface area contributed by atoms with Gasteiger partial charge in [0.1, 0.15) is 6.33 Å². The lowest BCUT2D eigenvalue weighted by atomic mass is 9.65. The first-order valence-corrected chi connectivity index (χ1v) is 9.43. The van der Waals surface area contributed by atoms with Crippen molar-refractivity contribution >= 4 is 11.7 Å². The highest BCUT2D eigenvalue weighted by Crippen LogP contribution is 2.49. The molecule has 2 fully saturated rings. The van der Waals surface area contributed by atoms with E-state index in [0.717, 1.165) is 56.8 Å². The van der Waals surface area contributed by atoms with Crippen molar-refractivity contribution in [3.8, 4) is 5.75 Å². The Bertz CT molecular complexity index is 601. The van der Waals surface area contributed by atoms with Crippen LogP contribution in [-0.2, 0) is 4.79 Å². The Hall–Kier alpha value is -1.85. The minimum atomic E-state index is 0.216. The number of aromatic nitrogens is 2. The number of amides is 1. The van der Waals surface area contributed by atoms with Crippen LogP contribution in [0.1, 0.15) is 52.4 Å². The van der Waals surface area contributed by atoms with Crippen molar-refractivity contribution in [2.45, 2.75) is 58.4 Å². The Kier molecular flexibility index (Phi) is 5.45. The Labute approximate surface area is 150 Å². The predicted molar refractivity (Wildman–Crippen MR) is 97.7 cm³/mol. The third-order valence-electron chi connectivity index (χ3n) is 5.66. The molecule has 1 aromatic heterocycles. The summed E-state index contributed by atoms with van der Waals surface area (Å²) in [5, 5.41) is 3.23. The maximum Gasteiger partial charge on any atom is 0.220 e. The van der Waals surface area contributed by atoms with Crippen molar-refractivity contribution in [3.05, 3.63) is 12.5 Å². The molecule has 3 rings (SSSR count). The van der Waals surface area contributed by atoms with Gasteiger partial charge in [-0.1, -0.05) is 26.7 Å². The summed E-state index contributed by atoms with van der Waals surface area (Å²) in [5.41, 5.74) is 0.322. The van der Waals surface area contributed by atoms with Gasteiger partial charge in [0.25, 0.3) is 0 Å². The first-order valence-electron chi connectivity index (χ1n) is 9.43. The molecular weight excluding hydrogens is 316 g/mol. The van der Waals surface area contributed by atoms with Crippen molar-refractivity contribution < 1.29 is 9.53 Å². The fourth-order valence-corrected chi connectivity index (χ4v) is 4.43. The smallest absolute Gasteiger partial charge is 0.220 e. The molecule has 1 atom stereocenters. The summed E-state index contributed by atoms with van der Waals surface area (Å²) < 4.78 is 5.38. The summed E-state index contributed by atoms with van der Waals surface area (Å²) in [4.78, 5) is 22.9. The number of nitrogens with one attached hydrogen (secondary N) is 1. The molecule has 6 heteroatoms. The first kappa shape index (κ1) is 18.0. The highest BCUT2D eigenvalue weighted by atomic mass is 16.5. The van der Waals surface area contributed by atoms with Crippen molar-refractivity contribution in [1.82, 2.24) is 15.3 Å². The van der Waals surface area contributed by atoms with Crippen LogP contribution >= 0.6 is 0 Å². The van der Waals surface area contributed by atoms with Crippen LogP contribution in [0, 0.1) is 11.3 Å². The van der Waals surface area contributed by atoms with Gasteiger partial charge in [-0.25, -0.2) is 9.97 Å². The van der Waals surface area contributed by atoms with Gasteiger partial charge in [-0.05, 0) is 30.6 Å². The number of anilines is 1. The van der Waals surface area contributed by atoms with E-state index in [-0.39, 0.29) is 5.91 Å². The van der Waals surface area contributed by atoms with Gasteiger partial charge in [-0.15, -0.1) is 0 Å². The lowest BCUT2D eigenvalue weighted by Gasteiger charge is -2.45. The number of methoxy groups -OCH3 is 1. The summed E-state index contributed by atoms with van der Waals surface area (Å²) in [6.07, 6.45) is 9.51. The second kappa shape index (κ2) is 7.58. The topological polar surface area (TPSA) is 67.4 Å². The molecule has 0 radical (unpaired) electrons. The predicted octanol–water partition coefficient (Wildman–Crippen LogP) is 2.79. The Morgan fingerprint density at radius 1 is 1.52 bits per heavy atom. The SMILES string of the molecule is CCCC(C)CC(=O)NC1CC2(CCN(c3ncncc3OC)C2)C1. The number of rotatable bonds is 7. The fourth-order valence-electron chi connectivity index (χ4n) is 4.43. The van der Waals surface area contributed by atoms with E-state index in [1.54, 1.807) is 19.6 Å². The molecule has 6 nitrogen and oxygen atoms in total. The van der Waals surface area contributed by atoms with Gasteiger partial charge in [0.2, 0.25) is 5.91 Å². The highest BCUT2D eigenvalue weighted by molar-refractivity contribution is 5.76. The maximum atomic E-state index is 12.1. The first-order chi connectivity index (χ1) is 12.0. The summed E-state index contributed by atoms with van der Waals surface area (Å²) in [6.45, 7) is 6.30. The molecule has 2 aliphatic rings. The minimum Gasteiger partial charge on any atom is -0.491 e. The Morgan fingerprint density at radius 3 is 3.04 bits per heavy atom. The zero-order chi connectivity index (χ0) is 17.9. The van der Waals surface area contributed by atoms with Gasteiger partial charge in [0.15, 0.2) is 11.6 Å². The van der Waals surface area contributed by atoms with Crippen LogP contribution in [0.25, 0.3) is 0 Å². The van der Waals surface area contributed by atoms with Gasteiger partial charge in [0.05, 0.1) is 13.3 Å². The molecule has 1 aromatic rings. The van der Waals surface area contributed by atoms with Crippen molar-refractivity contribution in [3.63, 3.8) is 0 Å². The monoisotopic (exact) mass is 346 g/mol. The average molecular weight is 346 g/mol. The van der Waals surface area contributed by atoms with Crippen LogP contribution in [-0.4, -0.2) is 42.1 Å². The molecule has 1 N–H and O–H groups in total. The Balaban J connectivity index is 1.48. The molecule has 25 heavy (non-hydrogen) atoms. The fraction of sp³-hybridized carbons (Fsp3) is 0.737. The zero-order valence-corrected chi connectivity index (χ0v) is 15.6. The molecule has 2 heterocycles. The van der Waals surface area contributed by atoms with E-state index < -0.39 is 0 Å². The molecule has 1 saturated carbocycles. The van der Waals surface area contributed by atoms with Gasteiger partial charge in [-0.2, -0.15) is 0 Å². The maximum absolute atomic E-state index is 12.1. The van der Waals surface area contributed by atoms with E-state index in [1.807, 2.05) is 0 Å². The number of nitrogens with zero attached hydrogens (tertiary/aromatic N) is 3. The van der Waals surface area contributed by atoms with Gasteiger partial charge >= 0.3 is 0 Å². The van der Waals surface area contributed by atoms with Gasteiger partial charge < -0.3 is 15.0 Å². The van der Waals surface area contributed by atoms with E-state index >= 15 is 0 Å². The molecule has 138 valence electrons. The highest BCUT2D eigenvalue weighted by Gasteiger charge is 2.49. The number of ether oxygens (including phenoxy) is 1. The summed E-state index contributed by atoms with van der Waals surface area (Å²) in [6, 6.07) is 0.341. The summed E-state index contributed by atoms with van der Waals surface area (Å²) in [5.74, 6) is 2.31. The Morgan fingerprint density at radius 2 is 2.32 bits per heavy atom. The van der Waals surface area contributed by atoms with Gasteiger partial charge in [0, 0.05) is 25.6 Å². The molecule has 1 aliphatic heterocycles. The molecule has 1 aliphatic carbocycles. The standard InChI is InChI=1S/C19H30N4O2/c1-4-5-14(2)8-17(24)22-15-9-19(10-15)6-7-23(12-19)18-16(25-3)11-20-13-21-18/h11,13-15H,4-10,12H2,1-3H3,(H,22,24). The van der Waals surface area contributed by atoms with Crippen LogP contribution < -0.4 is 15.0 Å². The van der Waals surface area contributed by atoms with E-state index in [4.69, 9.17) is 4.74 Å². The second-order valence-electron chi connectivity index (χ2n) is 7.86. The van der Waals surface area contributed by atoms with E-state index in [0.29, 0.717) is 23.8 Å². The molecule has 1 unspecified atom stereocenters. The van der Waals surface area contributed by atoms with Gasteiger partial charge in [-0.3, -0.25) is 4.79 Å². The van der Waals surface area contributed by atoms with E-state index in [2.05, 4.69) is 34.0 Å². The van der Waals surface area contributed by atoms with Crippen LogP contribution in [0.15, 0.2) is 12.5 Å². The van der Waals surface area contributed by atoms with Crippen molar-refractivity contribution in [2.75, 3.05) is 25.1 Å². The number of hydrogen-bond donors (Lipinski definition) is 1. The molecule has 1 amide bonds. The molecule has 1 spiro atoms. The van der Waals surface area contributed by atoms with Crippen molar-refractivity contribution in [2.24, 2.45) is 11.3 Å². The summed E-state index contributed by atoms with van der Waals surface area (Å²) >= 11 is 0. The number of hydrogen-bond acceptors (Lipinski definition) is 5.